The van der Waals surface area contributed by atoms with Crippen LogP contribution in [0.5, 0.6) is 0 Å². The first-order valence-electron chi connectivity index (χ1n) is 5.09. The molecule has 1 heterocycles. The summed E-state index contributed by atoms with van der Waals surface area (Å²) < 4.78 is 31.8. The van der Waals surface area contributed by atoms with Gasteiger partial charge in [-0.2, -0.15) is 8.42 Å². The van der Waals surface area contributed by atoms with E-state index < -0.39 is 21.4 Å². The normalized spacial score (nSPS) is 11.3. The van der Waals surface area contributed by atoms with Crippen LogP contribution in [0.15, 0.2) is 32.7 Å². The van der Waals surface area contributed by atoms with Crippen molar-refractivity contribution in [2.45, 2.75) is 18.4 Å². The molecule has 2 N–H and O–H groups in total. The van der Waals surface area contributed by atoms with Gasteiger partial charge in [0.15, 0.2) is 0 Å². The van der Waals surface area contributed by atoms with Gasteiger partial charge in [0.2, 0.25) is 0 Å². The number of nitrogens with zero attached hydrogens (tertiary/aromatic N) is 1. The first-order valence-corrected chi connectivity index (χ1v) is 6.53. The van der Waals surface area contributed by atoms with Crippen LogP contribution < -0.4 is 11.2 Å². The summed E-state index contributed by atoms with van der Waals surface area (Å²) in [5, 5.41) is 0.0339. The van der Waals surface area contributed by atoms with E-state index in [9.17, 15) is 18.0 Å². The summed E-state index contributed by atoms with van der Waals surface area (Å²) >= 11 is 0. The predicted octanol–water partition coefficient (Wildman–Crippen LogP) is 0.378. The van der Waals surface area contributed by atoms with Crippen molar-refractivity contribution in [1.29, 1.82) is 0 Å². The maximum Gasteiger partial charge on any atom is 0.328 e. The number of aromatic nitrogens is 2. The second-order valence-corrected chi connectivity index (χ2v) is 5.08. The summed E-state index contributed by atoms with van der Waals surface area (Å²) in [6, 6.07) is 3.42. The van der Waals surface area contributed by atoms with Gasteiger partial charge < -0.3 is 4.98 Å². The number of benzene rings is 1. The third-order valence-electron chi connectivity index (χ3n) is 2.57. The molecule has 2 rings (SSSR count). The second-order valence-electron chi connectivity index (χ2n) is 3.66. The van der Waals surface area contributed by atoms with Gasteiger partial charge in [0.25, 0.3) is 15.7 Å². The molecule has 9 heteroatoms. The number of H-pyrrole nitrogens is 1. The molecule has 0 saturated heterocycles. The molecule has 104 valence electrons. The Hall–Kier alpha value is -1.64. The highest BCUT2D eigenvalue weighted by Gasteiger charge is 2.13. The van der Waals surface area contributed by atoms with Gasteiger partial charge in [-0.05, 0) is 25.1 Å². The minimum atomic E-state index is -4.38. The van der Waals surface area contributed by atoms with Crippen LogP contribution in [0.2, 0.25) is 0 Å². The van der Waals surface area contributed by atoms with E-state index in [2.05, 4.69) is 4.98 Å². The molecule has 7 nitrogen and oxygen atoms in total. The minimum absolute atomic E-state index is 0. The zero-order valence-corrected chi connectivity index (χ0v) is 11.4. The molecule has 0 aliphatic heterocycles. The SMILES string of the molecule is CCn1c(=O)[nH]c2ccc(S(=O)(=O)O)cc2c1=O.Cl. The van der Waals surface area contributed by atoms with Crippen LogP contribution in [-0.4, -0.2) is 22.5 Å². The third kappa shape index (κ3) is 2.70. The summed E-state index contributed by atoms with van der Waals surface area (Å²) in [6.45, 7) is 1.79. The smallest absolute Gasteiger partial charge is 0.307 e. The zero-order valence-electron chi connectivity index (χ0n) is 9.78. The van der Waals surface area contributed by atoms with Crippen molar-refractivity contribution in [1.82, 2.24) is 9.55 Å². The Balaban J connectivity index is 0.00000180. The zero-order chi connectivity index (χ0) is 13.5. The van der Waals surface area contributed by atoms with Gasteiger partial charge in [0.05, 0.1) is 15.8 Å². The van der Waals surface area contributed by atoms with Gasteiger partial charge in [0.1, 0.15) is 0 Å². The van der Waals surface area contributed by atoms with Gasteiger partial charge in [-0.1, -0.05) is 0 Å². The van der Waals surface area contributed by atoms with Crippen LogP contribution in [0.1, 0.15) is 6.92 Å². The lowest BCUT2D eigenvalue weighted by molar-refractivity contribution is 0.483. The van der Waals surface area contributed by atoms with Crippen molar-refractivity contribution in [3.05, 3.63) is 39.0 Å². The Morgan fingerprint density at radius 2 is 1.95 bits per heavy atom. The molecular weight excluding hydrogens is 296 g/mol. The number of nitrogens with one attached hydrogen (secondary N) is 1. The first kappa shape index (κ1) is 15.4. The molecule has 19 heavy (non-hydrogen) atoms. The fourth-order valence-corrected chi connectivity index (χ4v) is 2.18. The van der Waals surface area contributed by atoms with Crippen LogP contribution >= 0.6 is 12.4 Å². The van der Waals surface area contributed by atoms with E-state index in [0.29, 0.717) is 0 Å². The Kier molecular flexibility index (Phi) is 4.18. The lowest BCUT2D eigenvalue weighted by Crippen LogP contribution is -2.34. The summed E-state index contributed by atoms with van der Waals surface area (Å²) in [5.74, 6) is 0. The maximum absolute atomic E-state index is 11.9. The molecule has 0 radical (unpaired) electrons. The van der Waals surface area contributed by atoms with Crippen LogP contribution in [0, 0.1) is 0 Å². The first-order chi connectivity index (χ1) is 8.34. The maximum atomic E-state index is 11.9. The van der Waals surface area contributed by atoms with Crippen molar-refractivity contribution in [3.8, 4) is 0 Å². The molecule has 0 aliphatic carbocycles. The van der Waals surface area contributed by atoms with Crippen molar-refractivity contribution in [2.75, 3.05) is 0 Å². The van der Waals surface area contributed by atoms with Crippen molar-refractivity contribution < 1.29 is 13.0 Å². The van der Waals surface area contributed by atoms with E-state index in [1.54, 1.807) is 6.92 Å². The average Bonchev–Trinajstić information content (AvgIpc) is 2.27. The predicted molar refractivity (Wildman–Crippen MR) is 71.6 cm³/mol. The Morgan fingerprint density at radius 1 is 1.32 bits per heavy atom. The molecule has 0 amide bonds. The molecule has 0 saturated carbocycles. The standard InChI is InChI=1S/C10H10N2O5S.ClH/c1-2-12-9(13)7-5-6(18(15,16)17)3-4-8(7)11-10(12)14;/h3-5H,2H2,1H3,(H,11,14)(H,15,16,17);1H. The van der Waals surface area contributed by atoms with E-state index in [4.69, 9.17) is 4.55 Å². The van der Waals surface area contributed by atoms with Gasteiger partial charge >= 0.3 is 5.69 Å². The molecule has 0 aliphatic rings. The lowest BCUT2D eigenvalue weighted by atomic mass is 10.2. The highest BCUT2D eigenvalue weighted by molar-refractivity contribution is 7.85. The largest absolute Gasteiger partial charge is 0.328 e. The topological polar surface area (TPSA) is 109 Å². The summed E-state index contributed by atoms with van der Waals surface area (Å²) in [7, 11) is -4.38. The number of rotatable bonds is 2. The number of halogens is 1. The number of fused-ring (bicyclic) bond motifs is 1. The highest BCUT2D eigenvalue weighted by atomic mass is 35.5. The highest BCUT2D eigenvalue weighted by Crippen LogP contribution is 2.13. The van der Waals surface area contributed by atoms with Crippen molar-refractivity contribution >= 4 is 33.4 Å². The van der Waals surface area contributed by atoms with E-state index in [-0.39, 0.29) is 34.8 Å². The van der Waals surface area contributed by atoms with Crippen LogP contribution in [0.25, 0.3) is 10.9 Å². The summed E-state index contributed by atoms with van der Waals surface area (Å²) in [5.41, 5.74) is -0.932. The fraction of sp³-hybridized carbons (Fsp3) is 0.200. The third-order valence-corrected chi connectivity index (χ3v) is 3.42. The van der Waals surface area contributed by atoms with Crippen LogP contribution in [0.4, 0.5) is 0 Å². The Morgan fingerprint density at radius 3 is 2.47 bits per heavy atom. The molecule has 0 atom stereocenters. The average molecular weight is 307 g/mol. The van der Waals surface area contributed by atoms with Crippen molar-refractivity contribution in [3.63, 3.8) is 0 Å². The van der Waals surface area contributed by atoms with Gasteiger partial charge in [-0.15, -0.1) is 12.4 Å². The summed E-state index contributed by atoms with van der Waals surface area (Å²) in [6.07, 6.45) is 0. The molecule has 0 unspecified atom stereocenters. The van der Waals surface area contributed by atoms with E-state index >= 15 is 0 Å². The van der Waals surface area contributed by atoms with Crippen LogP contribution in [0.3, 0.4) is 0 Å². The fourth-order valence-electron chi connectivity index (χ4n) is 1.68. The minimum Gasteiger partial charge on any atom is -0.307 e. The Bertz CT molecular complexity index is 837. The monoisotopic (exact) mass is 306 g/mol. The second kappa shape index (κ2) is 5.16. The van der Waals surface area contributed by atoms with Gasteiger partial charge in [0, 0.05) is 6.54 Å². The van der Waals surface area contributed by atoms with E-state index in [0.717, 1.165) is 16.7 Å². The van der Waals surface area contributed by atoms with Crippen molar-refractivity contribution in [2.24, 2.45) is 0 Å². The molecule has 2 aromatic rings. The lowest BCUT2D eigenvalue weighted by Gasteiger charge is -2.04. The summed E-state index contributed by atoms with van der Waals surface area (Å²) in [4.78, 5) is 25.5. The molecular formula is C10H11ClN2O5S. The molecule has 0 fully saturated rings. The number of hydrogen-bond donors (Lipinski definition) is 2. The van der Waals surface area contributed by atoms with E-state index in [1.807, 2.05) is 0 Å². The molecule has 0 spiro atoms. The number of hydrogen-bond acceptors (Lipinski definition) is 4. The molecule has 0 bridgehead atoms. The van der Waals surface area contributed by atoms with Gasteiger partial charge in [-0.3, -0.25) is 13.9 Å². The number of aromatic amines is 1. The molecule has 1 aromatic heterocycles. The quantitative estimate of drug-likeness (QED) is 0.779. The van der Waals surface area contributed by atoms with E-state index in [1.165, 1.54) is 6.07 Å². The van der Waals surface area contributed by atoms with Crippen LogP contribution in [-0.2, 0) is 16.7 Å². The van der Waals surface area contributed by atoms with Gasteiger partial charge in [-0.25, -0.2) is 4.79 Å². The molecule has 1 aromatic carbocycles. The Labute approximate surface area is 114 Å².